The van der Waals surface area contributed by atoms with E-state index in [1.165, 1.54) is 0 Å². The zero-order valence-electron chi connectivity index (χ0n) is 12.3. The van der Waals surface area contributed by atoms with Gasteiger partial charge in [-0.05, 0) is 37.1 Å². The summed E-state index contributed by atoms with van der Waals surface area (Å²) in [6.07, 6.45) is -0.192. The van der Waals surface area contributed by atoms with Crippen molar-refractivity contribution in [1.82, 2.24) is 0 Å². The number of ether oxygens (including phenoxy) is 3. The van der Waals surface area contributed by atoms with Crippen LogP contribution in [-0.2, 0) is 9.47 Å². The third kappa shape index (κ3) is 4.24. The summed E-state index contributed by atoms with van der Waals surface area (Å²) in [6.45, 7) is 0. The lowest BCUT2D eigenvalue weighted by molar-refractivity contribution is 0.0337. The topological polar surface area (TPSA) is 68.5 Å². The first-order valence-electron chi connectivity index (χ1n) is 7.34. The van der Waals surface area contributed by atoms with Gasteiger partial charge in [-0.15, -0.1) is 0 Å². The Hall–Kier alpha value is -3.00. The zero-order chi connectivity index (χ0) is 16.1. The predicted molar refractivity (Wildman–Crippen MR) is 81.9 cm³/mol. The Kier molecular flexibility index (Phi) is 4.44. The maximum atomic E-state index is 11.6. The van der Waals surface area contributed by atoms with E-state index in [-0.39, 0.29) is 6.10 Å². The van der Waals surface area contributed by atoms with Crippen LogP contribution in [0.1, 0.15) is 24.5 Å². The molecule has 0 radical (unpaired) electrons. The van der Waals surface area contributed by atoms with E-state index in [0.29, 0.717) is 17.1 Å². The van der Waals surface area contributed by atoms with Crippen LogP contribution in [0.2, 0.25) is 0 Å². The van der Waals surface area contributed by atoms with Crippen molar-refractivity contribution < 1.29 is 19.0 Å². The second kappa shape index (κ2) is 6.84. The number of carbonyl (C=O) groups excluding carboxylic acids is 1. The van der Waals surface area contributed by atoms with E-state index >= 15 is 0 Å². The summed E-state index contributed by atoms with van der Waals surface area (Å²) in [4.78, 5) is 11.6. The van der Waals surface area contributed by atoms with Crippen LogP contribution in [0.3, 0.4) is 0 Å². The van der Waals surface area contributed by atoms with E-state index in [2.05, 4.69) is 0 Å². The van der Waals surface area contributed by atoms with Crippen LogP contribution in [0.15, 0.2) is 54.6 Å². The van der Waals surface area contributed by atoms with Crippen LogP contribution in [0, 0.1) is 11.3 Å². The van der Waals surface area contributed by atoms with Crippen molar-refractivity contribution in [2.75, 3.05) is 0 Å². The molecular weight excluding hydrogens is 294 g/mol. The van der Waals surface area contributed by atoms with Crippen LogP contribution < -0.4 is 4.74 Å². The van der Waals surface area contributed by atoms with Crippen molar-refractivity contribution >= 4 is 6.16 Å². The Morgan fingerprint density at radius 3 is 2.52 bits per heavy atom. The van der Waals surface area contributed by atoms with Gasteiger partial charge in [0, 0.05) is 5.56 Å². The Morgan fingerprint density at radius 1 is 1.09 bits per heavy atom. The Morgan fingerprint density at radius 2 is 1.83 bits per heavy atom. The molecule has 5 heteroatoms. The molecule has 0 aromatic heterocycles. The fourth-order valence-corrected chi connectivity index (χ4v) is 1.98. The highest BCUT2D eigenvalue weighted by Gasteiger charge is 2.28. The number of benzene rings is 2. The van der Waals surface area contributed by atoms with Crippen LogP contribution >= 0.6 is 0 Å². The van der Waals surface area contributed by atoms with Gasteiger partial charge in [0.25, 0.3) is 0 Å². The fraction of sp³-hybridized carbons (Fsp3) is 0.222. The molecule has 23 heavy (non-hydrogen) atoms. The minimum absolute atomic E-state index is 0.0606. The minimum atomic E-state index is -1.03. The summed E-state index contributed by atoms with van der Waals surface area (Å²) in [5, 5.41) is 9.24. The van der Waals surface area contributed by atoms with Crippen LogP contribution in [0.5, 0.6) is 11.5 Å². The van der Waals surface area contributed by atoms with Crippen molar-refractivity contribution in [3.8, 4) is 17.6 Å². The lowest BCUT2D eigenvalue weighted by atomic mass is 10.1. The second-order valence-electron chi connectivity index (χ2n) is 5.18. The van der Waals surface area contributed by atoms with Crippen molar-refractivity contribution in [1.29, 1.82) is 5.26 Å². The zero-order valence-corrected chi connectivity index (χ0v) is 12.3. The van der Waals surface area contributed by atoms with Crippen molar-refractivity contribution in [2.24, 2.45) is 0 Å². The lowest BCUT2D eigenvalue weighted by Gasteiger charge is -2.12. The number of rotatable bonds is 5. The molecular formula is C18H15NO4. The molecule has 5 nitrogen and oxygen atoms in total. The SMILES string of the molecule is N#CC(OC(=O)OC1CC1)c1cccc(Oc2ccccc2)c1. The molecule has 1 unspecified atom stereocenters. The number of para-hydroxylation sites is 1. The second-order valence-corrected chi connectivity index (χ2v) is 5.18. The molecule has 1 saturated carbocycles. The molecule has 0 saturated heterocycles. The van der Waals surface area contributed by atoms with Crippen LogP contribution in [0.25, 0.3) is 0 Å². The molecule has 1 fully saturated rings. The molecule has 1 aliphatic rings. The van der Waals surface area contributed by atoms with Crippen molar-refractivity contribution in [3.05, 3.63) is 60.2 Å². The summed E-state index contributed by atoms with van der Waals surface area (Å²) in [5.74, 6) is 1.25. The summed E-state index contributed by atoms with van der Waals surface area (Å²) < 4.78 is 15.8. The minimum Gasteiger partial charge on any atom is -0.457 e. The molecule has 2 aromatic carbocycles. The number of hydrogen-bond donors (Lipinski definition) is 0. The average Bonchev–Trinajstić information content (AvgIpc) is 3.38. The molecule has 0 N–H and O–H groups in total. The van der Waals surface area contributed by atoms with Gasteiger partial charge in [0.2, 0.25) is 6.10 Å². The van der Waals surface area contributed by atoms with Crippen molar-refractivity contribution in [3.63, 3.8) is 0 Å². The van der Waals surface area contributed by atoms with Crippen LogP contribution in [0.4, 0.5) is 4.79 Å². The highest BCUT2D eigenvalue weighted by molar-refractivity contribution is 5.61. The highest BCUT2D eigenvalue weighted by atomic mass is 16.7. The quantitative estimate of drug-likeness (QED) is 0.768. The summed E-state index contributed by atoms with van der Waals surface area (Å²) in [7, 11) is 0. The number of nitrogens with zero attached hydrogens (tertiary/aromatic N) is 1. The first kappa shape index (κ1) is 14.9. The average molecular weight is 309 g/mol. The largest absolute Gasteiger partial charge is 0.510 e. The third-order valence-corrected chi connectivity index (χ3v) is 3.26. The Balaban J connectivity index is 1.69. The molecule has 1 atom stereocenters. The molecule has 116 valence electrons. The summed E-state index contributed by atoms with van der Waals surface area (Å²) in [5.41, 5.74) is 0.536. The van der Waals surface area contributed by atoms with Gasteiger partial charge in [-0.1, -0.05) is 30.3 Å². The van der Waals surface area contributed by atoms with E-state index in [9.17, 15) is 10.1 Å². The van der Waals surface area contributed by atoms with E-state index in [0.717, 1.165) is 12.8 Å². The van der Waals surface area contributed by atoms with Gasteiger partial charge in [-0.3, -0.25) is 0 Å². The van der Waals surface area contributed by atoms with Gasteiger partial charge < -0.3 is 14.2 Å². The normalized spacial score (nSPS) is 14.4. The number of hydrogen-bond acceptors (Lipinski definition) is 5. The maximum Gasteiger partial charge on any atom is 0.510 e. The van der Waals surface area contributed by atoms with E-state index in [1.54, 1.807) is 24.3 Å². The smallest absolute Gasteiger partial charge is 0.457 e. The fourth-order valence-electron chi connectivity index (χ4n) is 1.98. The third-order valence-electron chi connectivity index (χ3n) is 3.26. The number of nitriles is 1. The predicted octanol–water partition coefficient (Wildman–Crippen LogP) is 4.36. The molecule has 0 heterocycles. The molecule has 3 rings (SSSR count). The standard InChI is InChI=1S/C18H15NO4/c19-12-17(23-18(20)22-15-9-10-15)13-5-4-8-16(11-13)21-14-6-2-1-3-7-14/h1-8,11,15,17H,9-10H2. The van der Waals surface area contributed by atoms with Crippen molar-refractivity contribution in [2.45, 2.75) is 25.0 Å². The maximum absolute atomic E-state index is 11.6. The van der Waals surface area contributed by atoms with E-state index < -0.39 is 12.3 Å². The van der Waals surface area contributed by atoms with Gasteiger partial charge in [0.05, 0.1) is 0 Å². The van der Waals surface area contributed by atoms with Crippen LogP contribution in [-0.4, -0.2) is 12.3 Å². The van der Waals surface area contributed by atoms with Gasteiger partial charge in [-0.25, -0.2) is 4.79 Å². The van der Waals surface area contributed by atoms with E-state index in [1.807, 2.05) is 36.4 Å². The van der Waals surface area contributed by atoms with Gasteiger partial charge in [-0.2, -0.15) is 5.26 Å². The van der Waals surface area contributed by atoms with Gasteiger partial charge >= 0.3 is 6.16 Å². The number of carbonyl (C=O) groups is 1. The molecule has 2 aromatic rings. The Labute approximate surface area is 134 Å². The Bertz CT molecular complexity index is 719. The van der Waals surface area contributed by atoms with E-state index in [4.69, 9.17) is 14.2 Å². The summed E-state index contributed by atoms with van der Waals surface area (Å²) >= 11 is 0. The monoisotopic (exact) mass is 309 g/mol. The van der Waals surface area contributed by atoms with Gasteiger partial charge in [0.15, 0.2) is 0 Å². The molecule has 1 aliphatic carbocycles. The molecule has 0 spiro atoms. The highest BCUT2D eigenvalue weighted by Crippen LogP contribution is 2.28. The first-order chi connectivity index (χ1) is 11.2. The van der Waals surface area contributed by atoms with Gasteiger partial charge in [0.1, 0.15) is 23.7 Å². The first-order valence-corrected chi connectivity index (χ1v) is 7.34. The molecule has 0 amide bonds. The molecule has 0 bridgehead atoms. The lowest BCUT2D eigenvalue weighted by Crippen LogP contribution is -2.12. The molecule has 0 aliphatic heterocycles. The summed E-state index contributed by atoms with van der Waals surface area (Å²) in [6, 6.07) is 18.1.